The van der Waals surface area contributed by atoms with Gasteiger partial charge in [-0.2, -0.15) is 0 Å². The number of carbonyl (C=O) groups excluding carboxylic acids is 2. The quantitative estimate of drug-likeness (QED) is 0.411. The Balaban J connectivity index is 0.00000342. The van der Waals surface area contributed by atoms with Crippen LogP contribution in [0.4, 0.5) is 5.69 Å². The third-order valence-electron chi connectivity index (χ3n) is 7.30. The van der Waals surface area contributed by atoms with E-state index in [-0.39, 0.29) is 29.6 Å². The number of piperidine rings is 1. The number of likely N-dealkylation sites (tertiary alicyclic amines) is 2. The highest BCUT2D eigenvalue weighted by atomic mass is 35.5. The molecule has 3 aliphatic rings. The number of nitro benzene ring substituents is 1. The molecule has 1 aromatic carbocycles. The Kier molecular flexibility index (Phi) is 8.12. The third kappa shape index (κ3) is 5.17. The van der Waals surface area contributed by atoms with E-state index >= 15 is 0 Å². The monoisotopic (exact) mass is 528 g/mol. The van der Waals surface area contributed by atoms with Crippen molar-refractivity contribution in [2.75, 3.05) is 25.9 Å². The van der Waals surface area contributed by atoms with Gasteiger partial charge in [0, 0.05) is 30.3 Å². The van der Waals surface area contributed by atoms with Crippen molar-refractivity contribution >= 4 is 39.9 Å². The van der Waals surface area contributed by atoms with Crippen LogP contribution in [0.25, 0.3) is 0 Å². The number of halogens is 1. The first-order valence-electron chi connectivity index (χ1n) is 11.8. The standard InChI is InChI=1S/C23H32N4O6S.ClH/c1-15(2)20-21-18(26(23(20)29)34(3,32)33)9-12-25(21)22(28)16-7-8-17(19(13-16)27(30)31)14-24-10-5-4-6-11-24;/h7-8,13,15,18,20-21H,4-6,9-12,14H2,1-3H3;1H/t18-,20+,21-;/m0./s1. The maximum Gasteiger partial charge on any atom is 0.274 e. The molecule has 0 aromatic heterocycles. The molecular weight excluding hydrogens is 496 g/mol. The largest absolute Gasteiger partial charge is 0.333 e. The molecule has 3 heterocycles. The summed E-state index contributed by atoms with van der Waals surface area (Å²) in [5, 5.41) is 11.8. The fourth-order valence-electron chi connectivity index (χ4n) is 5.80. The number of sulfonamides is 1. The summed E-state index contributed by atoms with van der Waals surface area (Å²) >= 11 is 0. The van der Waals surface area contributed by atoms with Gasteiger partial charge in [0.2, 0.25) is 15.9 Å². The van der Waals surface area contributed by atoms with Crippen molar-refractivity contribution in [1.29, 1.82) is 0 Å². The molecule has 35 heavy (non-hydrogen) atoms. The number of rotatable bonds is 6. The first-order chi connectivity index (χ1) is 16.0. The third-order valence-corrected chi connectivity index (χ3v) is 8.46. The van der Waals surface area contributed by atoms with E-state index in [1.54, 1.807) is 17.0 Å². The van der Waals surface area contributed by atoms with Crippen LogP contribution < -0.4 is 0 Å². The van der Waals surface area contributed by atoms with Crippen LogP contribution in [0.2, 0.25) is 0 Å². The van der Waals surface area contributed by atoms with Crippen LogP contribution >= 0.6 is 12.4 Å². The lowest BCUT2D eigenvalue weighted by atomic mass is 9.88. The molecule has 3 atom stereocenters. The first kappa shape index (κ1) is 27.3. The predicted molar refractivity (Wildman–Crippen MR) is 133 cm³/mol. The van der Waals surface area contributed by atoms with Crippen molar-refractivity contribution in [3.05, 3.63) is 39.4 Å². The number of benzene rings is 1. The number of nitro groups is 1. The Morgan fingerprint density at radius 3 is 2.40 bits per heavy atom. The highest BCUT2D eigenvalue weighted by Crippen LogP contribution is 2.42. The van der Waals surface area contributed by atoms with E-state index in [2.05, 4.69) is 4.90 Å². The molecule has 3 aliphatic heterocycles. The van der Waals surface area contributed by atoms with Crippen molar-refractivity contribution in [1.82, 2.24) is 14.1 Å². The lowest BCUT2D eigenvalue weighted by molar-refractivity contribution is -0.385. The second-order valence-corrected chi connectivity index (χ2v) is 11.8. The van der Waals surface area contributed by atoms with E-state index in [0.29, 0.717) is 25.1 Å². The van der Waals surface area contributed by atoms with Gasteiger partial charge in [-0.15, -0.1) is 12.4 Å². The van der Waals surface area contributed by atoms with Crippen LogP contribution in [-0.2, 0) is 21.4 Å². The molecule has 194 valence electrons. The van der Waals surface area contributed by atoms with Crippen LogP contribution in [0.15, 0.2) is 18.2 Å². The van der Waals surface area contributed by atoms with Crippen molar-refractivity contribution in [2.45, 2.75) is 58.2 Å². The molecule has 1 aromatic rings. The smallest absolute Gasteiger partial charge is 0.274 e. The number of carbonyl (C=O) groups is 2. The molecule has 4 rings (SSSR count). The number of nitrogens with zero attached hydrogens (tertiary/aromatic N) is 4. The molecule has 0 radical (unpaired) electrons. The lowest BCUT2D eigenvalue weighted by Gasteiger charge is -2.29. The SMILES string of the molecule is CC(C)[C@H]1C(=O)N(S(C)(=O)=O)[C@H]2CCN(C(=O)c3ccc(CN4CCCCC4)c([N+](=O)[O-])c3)[C@H]12.Cl. The first-order valence-corrected chi connectivity index (χ1v) is 13.7. The molecule has 0 spiro atoms. The molecule has 0 aliphatic carbocycles. The van der Waals surface area contributed by atoms with Gasteiger partial charge in [-0.05, 0) is 44.3 Å². The Bertz CT molecular complexity index is 1110. The van der Waals surface area contributed by atoms with Gasteiger partial charge in [0.1, 0.15) is 0 Å². The molecule has 0 unspecified atom stereocenters. The van der Waals surface area contributed by atoms with E-state index < -0.39 is 44.8 Å². The van der Waals surface area contributed by atoms with Crippen LogP contribution in [0.1, 0.15) is 55.5 Å². The van der Waals surface area contributed by atoms with Crippen LogP contribution in [0, 0.1) is 22.0 Å². The Labute approximate surface area is 212 Å². The molecule has 3 saturated heterocycles. The summed E-state index contributed by atoms with van der Waals surface area (Å²) in [7, 11) is -3.77. The van der Waals surface area contributed by atoms with Gasteiger partial charge in [-0.1, -0.05) is 26.3 Å². The Hall–Kier alpha value is -2.24. The molecule has 2 amide bonds. The van der Waals surface area contributed by atoms with Gasteiger partial charge in [-0.25, -0.2) is 12.7 Å². The van der Waals surface area contributed by atoms with Crippen LogP contribution in [0.5, 0.6) is 0 Å². The zero-order valence-corrected chi connectivity index (χ0v) is 21.9. The topological polar surface area (TPSA) is 121 Å². The maximum absolute atomic E-state index is 13.5. The fraction of sp³-hybridized carbons (Fsp3) is 0.652. The minimum atomic E-state index is -3.77. The van der Waals surface area contributed by atoms with Crippen LogP contribution in [-0.4, -0.2) is 77.2 Å². The summed E-state index contributed by atoms with van der Waals surface area (Å²) in [6.45, 7) is 6.23. The lowest BCUT2D eigenvalue weighted by Crippen LogP contribution is -2.44. The molecule has 0 saturated carbocycles. The van der Waals surface area contributed by atoms with Crippen molar-refractivity contribution < 1.29 is 22.9 Å². The molecule has 10 nitrogen and oxygen atoms in total. The summed E-state index contributed by atoms with van der Waals surface area (Å²) < 4.78 is 25.6. The molecule has 3 fully saturated rings. The average molecular weight is 529 g/mol. The van der Waals surface area contributed by atoms with Crippen molar-refractivity contribution in [3.8, 4) is 0 Å². The number of hydrogen-bond acceptors (Lipinski definition) is 7. The van der Waals surface area contributed by atoms with Gasteiger partial charge >= 0.3 is 0 Å². The molecule has 12 heteroatoms. The Morgan fingerprint density at radius 1 is 1.17 bits per heavy atom. The zero-order chi connectivity index (χ0) is 24.8. The predicted octanol–water partition coefficient (Wildman–Crippen LogP) is 2.66. The second kappa shape index (κ2) is 10.4. The maximum atomic E-state index is 13.5. The van der Waals surface area contributed by atoms with E-state index in [1.165, 1.54) is 12.5 Å². The van der Waals surface area contributed by atoms with Gasteiger partial charge in [0.15, 0.2) is 0 Å². The van der Waals surface area contributed by atoms with Crippen LogP contribution in [0.3, 0.4) is 0 Å². The van der Waals surface area contributed by atoms with Gasteiger partial charge in [0.05, 0.1) is 29.2 Å². The van der Waals surface area contributed by atoms with E-state index in [0.717, 1.165) is 36.5 Å². The normalized spacial score (nSPS) is 25.0. The molecule has 0 N–H and O–H groups in total. The highest BCUT2D eigenvalue weighted by Gasteiger charge is 2.58. The van der Waals surface area contributed by atoms with E-state index in [9.17, 15) is 28.1 Å². The van der Waals surface area contributed by atoms with Crippen molar-refractivity contribution in [3.63, 3.8) is 0 Å². The van der Waals surface area contributed by atoms with Crippen molar-refractivity contribution in [2.24, 2.45) is 11.8 Å². The van der Waals surface area contributed by atoms with Gasteiger partial charge in [-0.3, -0.25) is 24.6 Å². The van der Waals surface area contributed by atoms with E-state index in [1.807, 2.05) is 13.8 Å². The summed E-state index contributed by atoms with van der Waals surface area (Å²) in [5.41, 5.74) is 0.664. The number of fused-ring (bicyclic) bond motifs is 1. The highest BCUT2D eigenvalue weighted by molar-refractivity contribution is 7.88. The average Bonchev–Trinajstić information content (AvgIpc) is 3.29. The number of hydrogen-bond donors (Lipinski definition) is 0. The minimum absolute atomic E-state index is 0. The Morgan fingerprint density at radius 2 is 1.83 bits per heavy atom. The minimum Gasteiger partial charge on any atom is -0.333 e. The summed E-state index contributed by atoms with van der Waals surface area (Å²) in [6, 6.07) is 3.40. The second-order valence-electron chi connectivity index (χ2n) is 9.95. The molecule has 0 bridgehead atoms. The van der Waals surface area contributed by atoms with E-state index in [4.69, 9.17) is 0 Å². The van der Waals surface area contributed by atoms with Gasteiger partial charge in [0.25, 0.3) is 11.6 Å². The number of amides is 2. The summed E-state index contributed by atoms with van der Waals surface area (Å²) in [4.78, 5) is 41.6. The summed E-state index contributed by atoms with van der Waals surface area (Å²) in [5.74, 6) is -1.69. The molecular formula is C23H33ClN4O6S. The zero-order valence-electron chi connectivity index (χ0n) is 20.3. The summed E-state index contributed by atoms with van der Waals surface area (Å²) in [6.07, 6.45) is 4.68. The van der Waals surface area contributed by atoms with Gasteiger partial charge < -0.3 is 4.90 Å². The fourth-order valence-corrected chi connectivity index (χ4v) is 6.97.